The van der Waals surface area contributed by atoms with Crippen LogP contribution in [0.15, 0.2) is 67.3 Å². The third-order valence-corrected chi connectivity index (χ3v) is 5.01. The van der Waals surface area contributed by atoms with Gasteiger partial charge in [0.05, 0.1) is 13.2 Å². The van der Waals surface area contributed by atoms with E-state index in [9.17, 15) is 4.79 Å². The van der Waals surface area contributed by atoms with Gasteiger partial charge in [0.1, 0.15) is 6.61 Å². The molecule has 2 aromatic rings. The van der Waals surface area contributed by atoms with Gasteiger partial charge in [-0.1, -0.05) is 49.1 Å². The van der Waals surface area contributed by atoms with E-state index in [4.69, 9.17) is 9.47 Å². The third kappa shape index (κ3) is 5.27. The largest absolute Gasteiger partial charge is 0.493 e. The van der Waals surface area contributed by atoms with Crippen LogP contribution in [0, 0.1) is 0 Å². The number of nitrogens with zero attached hydrogens (tertiary/aromatic N) is 2. The second-order valence-corrected chi connectivity index (χ2v) is 7.06. The predicted molar refractivity (Wildman–Crippen MR) is 116 cm³/mol. The molecular formula is C24H28N2O3. The number of hydrogen-bond donors (Lipinski definition) is 0. The summed E-state index contributed by atoms with van der Waals surface area (Å²) in [5.74, 6) is 1.29. The van der Waals surface area contributed by atoms with Gasteiger partial charge in [0.2, 0.25) is 5.91 Å². The number of hydrogen-bond acceptors (Lipinski definition) is 4. The molecule has 1 amide bonds. The van der Waals surface area contributed by atoms with Crippen LogP contribution in [0.5, 0.6) is 11.5 Å². The predicted octanol–water partition coefficient (Wildman–Crippen LogP) is 3.79. The fourth-order valence-electron chi connectivity index (χ4n) is 3.46. The van der Waals surface area contributed by atoms with Crippen LogP contribution >= 0.6 is 0 Å². The van der Waals surface area contributed by atoms with Gasteiger partial charge in [-0.05, 0) is 36.4 Å². The van der Waals surface area contributed by atoms with Crippen molar-refractivity contribution in [2.24, 2.45) is 0 Å². The van der Waals surface area contributed by atoms with Gasteiger partial charge >= 0.3 is 0 Å². The molecule has 1 atom stereocenters. The van der Waals surface area contributed by atoms with Gasteiger partial charge in [-0.25, -0.2) is 0 Å². The van der Waals surface area contributed by atoms with Crippen LogP contribution in [-0.4, -0.2) is 56.1 Å². The van der Waals surface area contributed by atoms with Crippen LogP contribution in [0.25, 0.3) is 6.08 Å². The number of ether oxygens (including phenoxy) is 2. The molecule has 1 fully saturated rings. The first-order chi connectivity index (χ1) is 14.1. The zero-order valence-electron chi connectivity index (χ0n) is 17.1. The summed E-state index contributed by atoms with van der Waals surface area (Å²) >= 11 is 0. The van der Waals surface area contributed by atoms with Crippen molar-refractivity contribution in [2.75, 3.05) is 40.4 Å². The summed E-state index contributed by atoms with van der Waals surface area (Å²) in [5.41, 5.74) is 2.04. The molecule has 3 rings (SSSR count). The number of rotatable bonds is 7. The fraction of sp³-hybridized carbons (Fsp3) is 0.292. The molecule has 1 saturated heterocycles. The third-order valence-electron chi connectivity index (χ3n) is 5.01. The van der Waals surface area contributed by atoms with E-state index < -0.39 is 0 Å². The van der Waals surface area contributed by atoms with Crippen molar-refractivity contribution < 1.29 is 14.3 Å². The average Bonchev–Trinajstić information content (AvgIpc) is 2.76. The molecule has 152 valence electrons. The molecule has 0 radical (unpaired) electrons. The molecule has 0 bridgehead atoms. The molecule has 0 aliphatic carbocycles. The minimum atomic E-state index is 0.0119. The highest BCUT2D eigenvalue weighted by Crippen LogP contribution is 2.29. The highest BCUT2D eigenvalue weighted by Gasteiger charge is 2.28. The van der Waals surface area contributed by atoms with Crippen LogP contribution in [0.2, 0.25) is 0 Å². The first-order valence-corrected chi connectivity index (χ1v) is 9.76. The van der Waals surface area contributed by atoms with Crippen LogP contribution in [0.4, 0.5) is 0 Å². The van der Waals surface area contributed by atoms with E-state index >= 15 is 0 Å². The number of piperazine rings is 1. The lowest BCUT2D eigenvalue weighted by Gasteiger charge is -2.40. The summed E-state index contributed by atoms with van der Waals surface area (Å²) in [6, 6.07) is 15.9. The quantitative estimate of drug-likeness (QED) is 0.531. The molecule has 0 N–H and O–H groups in total. The van der Waals surface area contributed by atoms with Gasteiger partial charge in [-0.15, -0.1) is 0 Å². The van der Waals surface area contributed by atoms with Gasteiger partial charge in [-0.3, -0.25) is 4.79 Å². The first-order valence-electron chi connectivity index (χ1n) is 9.76. The summed E-state index contributed by atoms with van der Waals surface area (Å²) in [7, 11) is 3.69. The Morgan fingerprint density at radius 2 is 1.97 bits per heavy atom. The van der Waals surface area contributed by atoms with Gasteiger partial charge in [0.25, 0.3) is 0 Å². The molecule has 5 heteroatoms. The summed E-state index contributed by atoms with van der Waals surface area (Å²) in [6.45, 7) is 6.46. The highest BCUT2D eigenvalue weighted by atomic mass is 16.5. The van der Waals surface area contributed by atoms with Gasteiger partial charge in [-0.2, -0.15) is 0 Å². The number of methoxy groups -OCH3 is 1. The molecule has 1 heterocycles. The van der Waals surface area contributed by atoms with Crippen molar-refractivity contribution >= 4 is 12.0 Å². The maximum absolute atomic E-state index is 13.0. The Hall–Kier alpha value is -3.05. The lowest BCUT2D eigenvalue weighted by Crippen LogP contribution is -2.48. The molecule has 1 aliphatic heterocycles. The average molecular weight is 392 g/mol. The zero-order valence-corrected chi connectivity index (χ0v) is 17.1. The summed E-state index contributed by atoms with van der Waals surface area (Å²) in [6.07, 6.45) is 5.15. The van der Waals surface area contributed by atoms with Crippen molar-refractivity contribution in [3.8, 4) is 11.5 Å². The minimum Gasteiger partial charge on any atom is -0.493 e. The Bertz CT molecular complexity index is 864. The molecule has 5 nitrogen and oxygen atoms in total. The van der Waals surface area contributed by atoms with Crippen molar-refractivity contribution in [3.63, 3.8) is 0 Å². The number of benzene rings is 2. The lowest BCUT2D eigenvalue weighted by atomic mass is 10.0. The lowest BCUT2D eigenvalue weighted by molar-refractivity contribution is -0.130. The van der Waals surface area contributed by atoms with Gasteiger partial charge in [0.15, 0.2) is 11.5 Å². The Balaban J connectivity index is 1.75. The van der Waals surface area contributed by atoms with Crippen molar-refractivity contribution in [1.29, 1.82) is 0 Å². The molecule has 29 heavy (non-hydrogen) atoms. The zero-order chi connectivity index (χ0) is 20.6. The monoisotopic (exact) mass is 392 g/mol. The molecule has 0 saturated carbocycles. The number of carbonyl (C=O) groups is 1. The summed E-state index contributed by atoms with van der Waals surface area (Å²) < 4.78 is 11.0. The fourth-order valence-corrected chi connectivity index (χ4v) is 3.46. The van der Waals surface area contributed by atoms with Crippen LogP contribution < -0.4 is 9.47 Å². The van der Waals surface area contributed by atoms with E-state index in [2.05, 4.69) is 30.7 Å². The highest BCUT2D eigenvalue weighted by molar-refractivity contribution is 5.92. The first kappa shape index (κ1) is 20.7. The van der Waals surface area contributed by atoms with Crippen molar-refractivity contribution in [2.45, 2.75) is 6.04 Å². The van der Waals surface area contributed by atoms with Crippen LogP contribution in [0.1, 0.15) is 17.2 Å². The van der Waals surface area contributed by atoms with E-state index in [1.54, 1.807) is 19.3 Å². The molecule has 1 aliphatic rings. The van der Waals surface area contributed by atoms with E-state index in [1.807, 2.05) is 47.4 Å². The molecule has 0 aromatic heterocycles. The molecule has 0 spiro atoms. The number of carbonyl (C=O) groups excluding carboxylic acids is 1. The standard InChI is InChI=1S/C24H28N2O3/c1-4-16-29-22-12-10-19(17-23(22)28-3)11-13-24(27)26-15-14-25(2)18-21(26)20-8-6-5-7-9-20/h4-13,17,21H,1,14-16,18H2,2-3H3. The Morgan fingerprint density at radius 1 is 1.17 bits per heavy atom. The summed E-state index contributed by atoms with van der Waals surface area (Å²) in [5, 5.41) is 0. The van der Waals surface area contributed by atoms with Crippen molar-refractivity contribution in [1.82, 2.24) is 9.80 Å². The summed E-state index contributed by atoms with van der Waals surface area (Å²) in [4.78, 5) is 17.2. The molecule has 1 unspecified atom stereocenters. The van der Waals surface area contributed by atoms with E-state index in [-0.39, 0.29) is 11.9 Å². The van der Waals surface area contributed by atoms with E-state index in [0.717, 1.165) is 24.2 Å². The maximum atomic E-state index is 13.0. The van der Waals surface area contributed by atoms with Gasteiger partial charge in [0, 0.05) is 25.7 Å². The second-order valence-electron chi connectivity index (χ2n) is 7.06. The minimum absolute atomic E-state index is 0.0119. The Labute approximate surface area is 172 Å². The normalized spacial score (nSPS) is 17.3. The van der Waals surface area contributed by atoms with Gasteiger partial charge < -0.3 is 19.3 Å². The topological polar surface area (TPSA) is 42.0 Å². The maximum Gasteiger partial charge on any atom is 0.247 e. The van der Waals surface area contributed by atoms with E-state index in [1.165, 1.54) is 0 Å². The SMILES string of the molecule is C=CCOc1ccc(C=CC(=O)N2CCN(C)CC2c2ccccc2)cc1OC. The van der Waals surface area contributed by atoms with Crippen LogP contribution in [0.3, 0.4) is 0 Å². The Morgan fingerprint density at radius 3 is 2.69 bits per heavy atom. The van der Waals surface area contributed by atoms with E-state index in [0.29, 0.717) is 24.7 Å². The number of likely N-dealkylation sites (N-methyl/N-ethyl adjacent to an activating group) is 1. The number of amides is 1. The molecular weight excluding hydrogens is 364 g/mol. The second kappa shape index (κ2) is 9.94. The molecule has 2 aromatic carbocycles. The van der Waals surface area contributed by atoms with Crippen molar-refractivity contribution in [3.05, 3.63) is 78.4 Å². The van der Waals surface area contributed by atoms with Crippen LogP contribution in [-0.2, 0) is 4.79 Å². The smallest absolute Gasteiger partial charge is 0.247 e. The Kier molecular flexibility index (Phi) is 7.09.